The van der Waals surface area contributed by atoms with Crippen molar-refractivity contribution in [3.8, 4) is 11.5 Å². The van der Waals surface area contributed by atoms with E-state index in [9.17, 15) is 19.8 Å². The largest absolute Gasteiger partial charge is 0.507 e. The van der Waals surface area contributed by atoms with Crippen molar-refractivity contribution < 1.29 is 19.8 Å². The maximum Gasteiger partial charge on any atom is 0.314 e. The van der Waals surface area contributed by atoms with Gasteiger partial charge >= 0.3 is 6.03 Å². The molecule has 0 aromatic heterocycles. The highest BCUT2D eigenvalue weighted by molar-refractivity contribution is 5.97. The maximum absolute atomic E-state index is 11.8. The lowest BCUT2D eigenvalue weighted by Crippen LogP contribution is -2.37. The number of fused-ring (bicyclic) bond motifs is 1. The molecule has 2 aromatic carbocycles. The molecule has 0 aliphatic heterocycles. The average Bonchev–Trinajstić information content (AvgIpc) is 2.77. The van der Waals surface area contributed by atoms with E-state index in [1.165, 1.54) is 12.1 Å². The van der Waals surface area contributed by atoms with E-state index >= 15 is 0 Å². The van der Waals surface area contributed by atoms with E-state index in [1.807, 2.05) is 6.92 Å². The molecule has 2 rings (SSSR count). The molecule has 1 atom stereocenters. The number of phenolic OH excluding ortho intramolecular Hbond substituents is 2. The fourth-order valence-corrected chi connectivity index (χ4v) is 3.10. The Morgan fingerprint density at radius 2 is 1.81 bits per heavy atom. The molecule has 0 aliphatic rings. The van der Waals surface area contributed by atoms with Crippen LogP contribution >= 0.6 is 0 Å². The Labute approximate surface area is 182 Å². The zero-order chi connectivity index (χ0) is 22.5. The van der Waals surface area contributed by atoms with E-state index in [2.05, 4.69) is 20.6 Å². The predicted octanol–water partition coefficient (Wildman–Crippen LogP) is 4.17. The van der Waals surface area contributed by atoms with Crippen LogP contribution in [0.5, 0.6) is 11.5 Å². The van der Waals surface area contributed by atoms with Crippen LogP contribution in [0.4, 0.5) is 10.5 Å². The first-order chi connectivity index (χ1) is 15.0. The third-order valence-electron chi connectivity index (χ3n) is 4.87. The van der Waals surface area contributed by atoms with Crippen molar-refractivity contribution in [1.82, 2.24) is 10.6 Å². The summed E-state index contributed by atoms with van der Waals surface area (Å²) >= 11 is 0. The molecule has 8 nitrogen and oxygen atoms in total. The molecular formula is C23H30N4O4. The SMILES string of the molecule is CC(C=Nc1cc(O)c2ccccc2c1O)CCNC(=O)NCCCCCCN=C=O. The fraction of sp³-hybridized carbons (Fsp3) is 0.435. The summed E-state index contributed by atoms with van der Waals surface area (Å²) in [4.78, 5) is 29.6. The van der Waals surface area contributed by atoms with Gasteiger partial charge in [-0.05, 0) is 25.2 Å². The number of carbonyl (C=O) groups excluding carboxylic acids is 2. The van der Waals surface area contributed by atoms with Gasteiger partial charge in [0, 0.05) is 36.1 Å². The number of aromatic hydroxyl groups is 2. The summed E-state index contributed by atoms with van der Waals surface area (Å²) in [5, 5.41) is 27.3. The normalized spacial score (nSPS) is 11.9. The number of isocyanates is 1. The molecule has 0 saturated carbocycles. The molecule has 0 aliphatic carbocycles. The fourth-order valence-electron chi connectivity index (χ4n) is 3.10. The molecule has 0 heterocycles. The van der Waals surface area contributed by atoms with Crippen LogP contribution in [0, 0.1) is 5.92 Å². The maximum atomic E-state index is 11.8. The average molecular weight is 427 g/mol. The lowest BCUT2D eigenvalue weighted by molar-refractivity contribution is 0.240. The molecule has 0 fully saturated rings. The van der Waals surface area contributed by atoms with E-state index in [4.69, 9.17) is 0 Å². The predicted molar refractivity (Wildman–Crippen MR) is 122 cm³/mol. The van der Waals surface area contributed by atoms with Crippen molar-refractivity contribution in [2.75, 3.05) is 19.6 Å². The number of hydrogen-bond acceptors (Lipinski definition) is 6. The second-order valence-corrected chi connectivity index (χ2v) is 7.42. The first-order valence-electron chi connectivity index (χ1n) is 10.6. The number of phenols is 2. The number of rotatable bonds is 12. The van der Waals surface area contributed by atoms with Gasteiger partial charge in [-0.1, -0.05) is 44.0 Å². The van der Waals surface area contributed by atoms with Gasteiger partial charge in [0.25, 0.3) is 0 Å². The number of carbonyl (C=O) groups is 1. The molecule has 1 unspecified atom stereocenters. The van der Waals surface area contributed by atoms with Gasteiger partial charge in [0.1, 0.15) is 17.2 Å². The minimum atomic E-state index is -0.202. The molecule has 8 heteroatoms. The summed E-state index contributed by atoms with van der Waals surface area (Å²) in [7, 11) is 0. The van der Waals surface area contributed by atoms with Crippen LogP contribution in [0.25, 0.3) is 10.8 Å². The smallest absolute Gasteiger partial charge is 0.314 e. The number of benzene rings is 2. The van der Waals surface area contributed by atoms with E-state index in [0.717, 1.165) is 25.7 Å². The molecule has 0 radical (unpaired) electrons. The Kier molecular flexibility index (Phi) is 10.0. The third kappa shape index (κ3) is 8.10. The topological polar surface area (TPSA) is 123 Å². The molecule has 0 saturated heterocycles. The van der Waals surface area contributed by atoms with Crippen molar-refractivity contribution in [2.24, 2.45) is 15.9 Å². The number of nitrogens with zero attached hydrogens (tertiary/aromatic N) is 2. The number of amides is 2. The first-order valence-corrected chi connectivity index (χ1v) is 10.6. The zero-order valence-electron chi connectivity index (χ0n) is 17.8. The van der Waals surface area contributed by atoms with Gasteiger partial charge in [0.2, 0.25) is 6.08 Å². The van der Waals surface area contributed by atoms with E-state index < -0.39 is 0 Å². The van der Waals surface area contributed by atoms with Crippen LogP contribution in [0.3, 0.4) is 0 Å². The molecular weight excluding hydrogens is 396 g/mol. The Balaban J connectivity index is 1.68. The van der Waals surface area contributed by atoms with Crippen molar-refractivity contribution in [1.29, 1.82) is 0 Å². The zero-order valence-corrected chi connectivity index (χ0v) is 17.8. The number of unbranched alkanes of at least 4 members (excludes halogenated alkanes) is 3. The van der Waals surface area contributed by atoms with Gasteiger partial charge in [0.05, 0.1) is 6.54 Å². The Bertz CT molecular complexity index is 939. The van der Waals surface area contributed by atoms with Gasteiger partial charge in [-0.2, -0.15) is 0 Å². The summed E-state index contributed by atoms with van der Waals surface area (Å²) in [6, 6.07) is 8.30. The molecule has 31 heavy (non-hydrogen) atoms. The van der Waals surface area contributed by atoms with E-state index in [-0.39, 0.29) is 23.4 Å². The Morgan fingerprint density at radius 1 is 1.10 bits per heavy atom. The van der Waals surface area contributed by atoms with Gasteiger partial charge in [0.15, 0.2) is 0 Å². The Morgan fingerprint density at radius 3 is 2.58 bits per heavy atom. The summed E-state index contributed by atoms with van der Waals surface area (Å²) in [5.74, 6) is 0.175. The van der Waals surface area contributed by atoms with Crippen LogP contribution in [-0.2, 0) is 4.79 Å². The molecule has 2 amide bonds. The number of nitrogens with one attached hydrogen (secondary N) is 2. The summed E-state index contributed by atoms with van der Waals surface area (Å²) < 4.78 is 0. The third-order valence-corrected chi connectivity index (χ3v) is 4.87. The summed E-state index contributed by atoms with van der Waals surface area (Å²) in [6.45, 7) is 3.58. The van der Waals surface area contributed by atoms with Crippen LogP contribution in [0.15, 0.2) is 40.3 Å². The quantitative estimate of drug-likeness (QED) is 0.176. The molecule has 0 bridgehead atoms. The van der Waals surface area contributed by atoms with Crippen molar-refractivity contribution in [3.05, 3.63) is 30.3 Å². The van der Waals surface area contributed by atoms with Crippen LogP contribution < -0.4 is 10.6 Å². The van der Waals surface area contributed by atoms with Crippen LogP contribution in [-0.4, -0.2) is 48.2 Å². The van der Waals surface area contributed by atoms with Crippen molar-refractivity contribution in [2.45, 2.75) is 39.0 Å². The van der Waals surface area contributed by atoms with Gasteiger partial charge in [-0.3, -0.25) is 4.99 Å². The number of urea groups is 1. The van der Waals surface area contributed by atoms with E-state index in [0.29, 0.717) is 42.5 Å². The number of hydrogen-bond donors (Lipinski definition) is 4. The van der Waals surface area contributed by atoms with Gasteiger partial charge < -0.3 is 20.8 Å². The van der Waals surface area contributed by atoms with Gasteiger partial charge in [-0.25, -0.2) is 14.6 Å². The second kappa shape index (κ2) is 13.0. The molecule has 166 valence electrons. The highest BCUT2D eigenvalue weighted by Gasteiger charge is 2.10. The number of aliphatic imine (C=N–C) groups is 2. The van der Waals surface area contributed by atoms with E-state index in [1.54, 1.807) is 30.5 Å². The first kappa shape index (κ1) is 23.9. The molecule has 4 N–H and O–H groups in total. The standard InChI is InChI=1S/C23H30N4O4/c1-17(10-13-26-23(31)25-12-7-3-2-6-11-24-16-28)15-27-20-14-21(29)18-8-4-5-9-19(18)22(20)30/h4-5,8-9,14-15,17,29-30H,2-3,6-7,10-13H2,1H3,(H2,25,26,31). The van der Waals surface area contributed by atoms with Crippen LogP contribution in [0.2, 0.25) is 0 Å². The van der Waals surface area contributed by atoms with Crippen molar-refractivity contribution in [3.63, 3.8) is 0 Å². The lowest BCUT2D eigenvalue weighted by Gasteiger charge is -2.10. The second-order valence-electron chi connectivity index (χ2n) is 7.42. The molecule has 0 spiro atoms. The van der Waals surface area contributed by atoms with Crippen LogP contribution in [0.1, 0.15) is 39.0 Å². The highest BCUT2D eigenvalue weighted by Crippen LogP contribution is 2.39. The Hall–Kier alpha value is -3.38. The molecule has 2 aromatic rings. The van der Waals surface area contributed by atoms with Crippen molar-refractivity contribution >= 4 is 34.8 Å². The summed E-state index contributed by atoms with van der Waals surface area (Å²) in [6.07, 6.45) is 7.59. The summed E-state index contributed by atoms with van der Waals surface area (Å²) in [5.41, 5.74) is 0.312. The monoisotopic (exact) mass is 426 g/mol. The van der Waals surface area contributed by atoms with Gasteiger partial charge in [-0.15, -0.1) is 0 Å². The minimum absolute atomic E-state index is 0.0332. The minimum Gasteiger partial charge on any atom is -0.507 e. The lowest BCUT2D eigenvalue weighted by atomic mass is 10.1. The highest BCUT2D eigenvalue weighted by atomic mass is 16.3.